The van der Waals surface area contributed by atoms with Crippen molar-refractivity contribution in [3.8, 4) is 33.8 Å². The molecule has 9 rings (SSSR count). The van der Waals surface area contributed by atoms with Crippen molar-refractivity contribution in [1.82, 2.24) is 29.7 Å². The van der Waals surface area contributed by atoms with Gasteiger partial charge in [0.05, 0.1) is 35.9 Å². The van der Waals surface area contributed by atoms with Crippen molar-refractivity contribution in [2.24, 2.45) is 11.8 Å². The van der Waals surface area contributed by atoms with Gasteiger partial charge in [-0.2, -0.15) is 0 Å². The number of hydrogen-bond donors (Lipinski definition) is 2. The zero-order valence-corrected chi connectivity index (χ0v) is 30.6. The third-order valence-corrected chi connectivity index (χ3v) is 11.0. The predicted molar refractivity (Wildman–Crippen MR) is 199 cm³/mol. The first-order valence-electron chi connectivity index (χ1n) is 18.6. The largest absolute Gasteiger partial charge is 0.444 e. The van der Waals surface area contributed by atoms with E-state index in [4.69, 9.17) is 19.4 Å². The maximum Gasteiger partial charge on any atom is 0.411 e. The van der Waals surface area contributed by atoms with Crippen LogP contribution in [0, 0.1) is 11.8 Å². The molecule has 6 atom stereocenters. The van der Waals surface area contributed by atoms with Crippen molar-refractivity contribution in [3.63, 3.8) is 0 Å². The van der Waals surface area contributed by atoms with Gasteiger partial charge in [-0.25, -0.2) is 19.6 Å². The SMILES string of the molecule is CC(C)(C)OC(=O)N1C(c2cnc(-c3ccc(-c4cccc5c(-c6cnc([C@@H]7C[C@H]8C[C@H]8N7C(=O)OC(C)(C)C)[nH]6)cccc45)cc3)[nH]2)C[C@H]2C[C@H]21. The van der Waals surface area contributed by atoms with Crippen LogP contribution in [-0.4, -0.2) is 65.2 Å². The van der Waals surface area contributed by atoms with E-state index in [0.29, 0.717) is 11.8 Å². The summed E-state index contributed by atoms with van der Waals surface area (Å²) < 4.78 is 11.5. The van der Waals surface area contributed by atoms with Gasteiger partial charge in [-0.3, -0.25) is 9.80 Å². The minimum Gasteiger partial charge on any atom is -0.444 e. The lowest BCUT2D eigenvalue weighted by molar-refractivity contribution is 0.0166. The van der Waals surface area contributed by atoms with Gasteiger partial charge in [-0.15, -0.1) is 0 Å². The molecule has 5 aromatic rings. The first-order chi connectivity index (χ1) is 24.8. The molecule has 2 aliphatic heterocycles. The van der Waals surface area contributed by atoms with Crippen molar-refractivity contribution >= 4 is 23.0 Å². The summed E-state index contributed by atoms with van der Waals surface area (Å²) in [5.74, 6) is 2.64. The Kier molecular flexibility index (Phi) is 7.37. The molecule has 0 radical (unpaired) electrons. The van der Waals surface area contributed by atoms with Gasteiger partial charge in [-0.05, 0) is 101 Å². The van der Waals surface area contributed by atoms with Crippen LogP contribution in [0.15, 0.2) is 73.1 Å². The van der Waals surface area contributed by atoms with E-state index in [0.717, 1.165) is 81.7 Å². The number of amides is 2. The molecule has 4 heterocycles. The molecule has 2 aromatic heterocycles. The molecule has 2 amide bonds. The Morgan fingerprint density at radius 1 is 0.654 bits per heavy atom. The summed E-state index contributed by atoms with van der Waals surface area (Å²) in [5, 5.41) is 2.26. The van der Waals surface area contributed by atoms with E-state index in [2.05, 4.69) is 70.6 Å². The third-order valence-electron chi connectivity index (χ3n) is 11.0. The highest BCUT2D eigenvalue weighted by Gasteiger charge is 2.57. The highest BCUT2D eigenvalue weighted by molar-refractivity contribution is 6.04. The highest BCUT2D eigenvalue weighted by atomic mass is 16.6. The van der Waals surface area contributed by atoms with Crippen LogP contribution in [0.1, 0.15) is 90.8 Å². The van der Waals surface area contributed by atoms with E-state index in [1.54, 1.807) is 0 Å². The Morgan fingerprint density at radius 3 is 1.85 bits per heavy atom. The lowest BCUT2D eigenvalue weighted by Gasteiger charge is -2.30. The van der Waals surface area contributed by atoms with Crippen molar-refractivity contribution in [3.05, 3.63) is 84.6 Å². The van der Waals surface area contributed by atoms with Crippen LogP contribution in [0.4, 0.5) is 9.59 Å². The monoisotopic (exact) mass is 698 g/mol. The molecule has 2 aliphatic carbocycles. The number of nitrogens with one attached hydrogen (secondary N) is 2. The van der Waals surface area contributed by atoms with Crippen LogP contribution < -0.4 is 0 Å². The van der Waals surface area contributed by atoms with Crippen LogP contribution >= 0.6 is 0 Å². The second kappa shape index (κ2) is 11.7. The molecule has 10 heteroatoms. The molecule has 52 heavy (non-hydrogen) atoms. The quantitative estimate of drug-likeness (QED) is 0.189. The van der Waals surface area contributed by atoms with Gasteiger partial charge < -0.3 is 19.4 Å². The normalized spacial score (nSPS) is 24.9. The average Bonchev–Trinajstić information content (AvgIpc) is 3.68. The van der Waals surface area contributed by atoms with Gasteiger partial charge in [0.25, 0.3) is 0 Å². The van der Waals surface area contributed by atoms with Gasteiger partial charge in [0.2, 0.25) is 0 Å². The van der Waals surface area contributed by atoms with Gasteiger partial charge in [0.1, 0.15) is 22.9 Å². The summed E-state index contributed by atoms with van der Waals surface area (Å²) in [7, 11) is 0. The number of piperidine rings is 2. The standard InChI is InChI=1S/C42H46N6O4/c1-41(2,3)51-39(49)47-33-17-25(33)19-35(47)32-22-43-37(46-32)24-15-13-23(14-16-24)27-9-7-11-29-28(27)10-8-12-30(29)31-21-44-38(45-31)36-20-26-18-34(26)48(36)40(50)52-42(4,5)6/h7-16,21-22,25-26,33-36H,17-20H2,1-6H3,(H,43,46)(H,44,45)/t25-,26-,33-,34-,35?,36+/m1/s1. The number of carbonyl (C=O) groups is 2. The molecule has 2 N–H and O–H groups in total. The maximum atomic E-state index is 13.2. The summed E-state index contributed by atoms with van der Waals surface area (Å²) in [5.41, 5.74) is 5.08. The predicted octanol–water partition coefficient (Wildman–Crippen LogP) is 9.43. The fourth-order valence-corrected chi connectivity index (χ4v) is 8.49. The number of aromatic amines is 2. The zero-order valence-electron chi connectivity index (χ0n) is 30.6. The van der Waals surface area contributed by atoms with Crippen molar-refractivity contribution in [2.45, 2.75) is 103 Å². The second-order valence-corrected chi connectivity index (χ2v) is 17.1. The van der Waals surface area contributed by atoms with E-state index < -0.39 is 11.2 Å². The number of fused-ring (bicyclic) bond motifs is 3. The first-order valence-corrected chi connectivity index (χ1v) is 18.6. The molecule has 0 spiro atoms. The summed E-state index contributed by atoms with van der Waals surface area (Å²) in [4.78, 5) is 46.8. The molecule has 10 nitrogen and oxygen atoms in total. The van der Waals surface area contributed by atoms with Crippen molar-refractivity contribution in [2.75, 3.05) is 0 Å². The average molecular weight is 699 g/mol. The number of nitrogens with zero attached hydrogens (tertiary/aromatic N) is 4. The van der Waals surface area contributed by atoms with Crippen LogP contribution in [0.5, 0.6) is 0 Å². The van der Waals surface area contributed by atoms with E-state index in [-0.39, 0.29) is 36.4 Å². The summed E-state index contributed by atoms with van der Waals surface area (Å²) >= 11 is 0. The lowest BCUT2D eigenvalue weighted by atomic mass is 9.94. The summed E-state index contributed by atoms with van der Waals surface area (Å²) in [6.45, 7) is 11.4. The van der Waals surface area contributed by atoms with Crippen LogP contribution in [0.25, 0.3) is 44.5 Å². The fraction of sp³-hybridized carbons (Fsp3) is 0.429. The smallest absolute Gasteiger partial charge is 0.411 e. The minimum absolute atomic E-state index is 0.0531. The molecule has 268 valence electrons. The molecule has 0 bridgehead atoms. The van der Waals surface area contributed by atoms with E-state index in [9.17, 15) is 9.59 Å². The first kappa shape index (κ1) is 32.8. The van der Waals surface area contributed by atoms with Crippen molar-refractivity contribution < 1.29 is 19.1 Å². The Morgan fingerprint density at radius 2 is 1.21 bits per heavy atom. The Balaban J connectivity index is 0.952. The van der Waals surface area contributed by atoms with E-state index in [1.165, 1.54) is 0 Å². The maximum absolute atomic E-state index is 13.2. The molecular weight excluding hydrogens is 652 g/mol. The van der Waals surface area contributed by atoms with Gasteiger partial charge >= 0.3 is 12.2 Å². The highest BCUT2D eigenvalue weighted by Crippen LogP contribution is 2.55. The zero-order chi connectivity index (χ0) is 36.1. The number of carbonyl (C=O) groups excluding carboxylic acids is 2. The van der Waals surface area contributed by atoms with Gasteiger partial charge in [-0.1, -0.05) is 60.7 Å². The Hall–Kier alpha value is -5.12. The molecule has 3 aromatic carbocycles. The number of likely N-dealkylation sites (tertiary alicyclic amines) is 2. The molecule has 2 saturated carbocycles. The van der Waals surface area contributed by atoms with Gasteiger partial charge in [0.15, 0.2) is 0 Å². The summed E-state index contributed by atoms with van der Waals surface area (Å²) in [6.07, 6.45) is 7.17. The summed E-state index contributed by atoms with van der Waals surface area (Å²) in [6, 6.07) is 21.6. The number of H-pyrrole nitrogens is 2. The number of aromatic nitrogens is 4. The lowest BCUT2D eigenvalue weighted by Crippen LogP contribution is -2.38. The fourth-order valence-electron chi connectivity index (χ4n) is 8.49. The van der Waals surface area contributed by atoms with Crippen LogP contribution in [0.3, 0.4) is 0 Å². The molecule has 4 fully saturated rings. The van der Waals surface area contributed by atoms with Crippen LogP contribution in [-0.2, 0) is 9.47 Å². The molecule has 1 unspecified atom stereocenters. The number of hydrogen-bond acceptors (Lipinski definition) is 6. The van der Waals surface area contributed by atoms with E-state index in [1.807, 2.05) is 63.7 Å². The third kappa shape index (κ3) is 5.91. The molecule has 2 saturated heterocycles. The van der Waals surface area contributed by atoms with Crippen molar-refractivity contribution in [1.29, 1.82) is 0 Å². The molecular formula is C42H46N6O4. The second-order valence-electron chi connectivity index (χ2n) is 17.1. The van der Waals surface area contributed by atoms with E-state index >= 15 is 0 Å². The number of benzene rings is 3. The van der Waals surface area contributed by atoms with Crippen LogP contribution in [0.2, 0.25) is 0 Å². The number of ether oxygens (including phenoxy) is 2. The molecule has 4 aliphatic rings. The minimum atomic E-state index is -0.547. The Labute approximate surface area is 303 Å². The van der Waals surface area contributed by atoms with Gasteiger partial charge in [0, 0.05) is 23.2 Å². The number of rotatable bonds is 5. The topological polar surface area (TPSA) is 116 Å². The Bertz CT molecular complexity index is 2190. The number of imidazole rings is 2.